The van der Waals surface area contributed by atoms with Crippen LogP contribution in [0.5, 0.6) is 0 Å². The lowest BCUT2D eigenvalue weighted by Gasteiger charge is -2.23. The second-order valence-corrected chi connectivity index (χ2v) is 5.38. The first-order valence-corrected chi connectivity index (χ1v) is 7.26. The van der Waals surface area contributed by atoms with Crippen LogP contribution in [0.1, 0.15) is 27.9 Å². The van der Waals surface area contributed by atoms with E-state index in [2.05, 4.69) is 10.3 Å². The second-order valence-electron chi connectivity index (χ2n) is 5.38. The summed E-state index contributed by atoms with van der Waals surface area (Å²) in [7, 11) is 1.84. The number of hydrogen-bond acceptors (Lipinski definition) is 3. The maximum atomic E-state index is 12.7. The first-order chi connectivity index (χ1) is 10.3. The molecule has 1 N–H and O–H groups in total. The smallest absolute Gasteiger partial charge is 0.254 e. The standard InChI is InChI=1S/C17H19N3O/c1-20(12-13-5-3-9-18-11-13)17(21)15-6-2-8-16-14(15)7-4-10-19-16/h2-3,5-6,8-9,11,19H,4,7,10,12H2,1H3. The summed E-state index contributed by atoms with van der Waals surface area (Å²) >= 11 is 0. The minimum atomic E-state index is 0.0689. The Morgan fingerprint density at radius 1 is 1.33 bits per heavy atom. The fourth-order valence-corrected chi connectivity index (χ4v) is 2.75. The second kappa shape index (κ2) is 5.95. The Bertz CT molecular complexity index is 640. The molecule has 1 aromatic heterocycles. The summed E-state index contributed by atoms with van der Waals surface area (Å²) in [5.74, 6) is 0.0689. The van der Waals surface area contributed by atoms with Gasteiger partial charge in [0.1, 0.15) is 0 Å². The van der Waals surface area contributed by atoms with Crippen molar-refractivity contribution in [3.8, 4) is 0 Å². The average Bonchev–Trinajstić information content (AvgIpc) is 2.54. The highest BCUT2D eigenvalue weighted by atomic mass is 16.2. The van der Waals surface area contributed by atoms with Crippen LogP contribution in [0, 0.1) is 0 Å². The number of fused-ring (bicyclic) bond motifs is 1. The number of benzene rings is 1. The van der Waals surface area contributed by atoms with Gasteiger partial charge in [0.25, 0.3) is 5.91 Å². The summed E-state index contributed by atoms with van der Waals surface area (Å²) in [6.07, 6.45) is 5.57. The molecule has 1 amide bonds. The zero-order valence-corrected chi connectivity index (χ0v) is 12.2. The van der Waals surface area contributed by atoms with Crippen LogP contribution in [-0.2, 0) is 13.0 Å². The number of pyridine rings is 1. The lowest BCUT2D eigenvalue weighted by molar-refractivity contribution is 0.0784. The van der Waals surface area contributed by atoms with Crippen molar-refractivity contribution in [3.05, 3.63) is 59.4 Å². The summed E-state index contributed by atoms with van der Waals surface area (Å²) < 4.78 is 0. The average molecular weight is 281 g/mol. The van der Waals surface area contributed by atoms with E-state index in [1.807, 2.05) is 37.4 Å². The summed E-state index contributed by atoms with van der Waals surface area (Å²) in [5, 5.41) is 3.37. The fraction of sp³-hybridized carbons (Fsp3) is 0.294. The first kappa shape index (κ1) is 13.6. The maximum absolute atomic E-state index is 12.7. The fourth-order valence-electron chi connectivity index (χ4n) is 2.75. The Labute approximate surface area is 124 Å². The van der Waals surface area contributed by atoms with Gasteiger partial charge in [0, 0.05) is 43.8 Å². The van der Waals surface area contributed by atoms with E-state index in [1.54, 1.807) is 17.3 Å². The third-order valence-electron chi connectivity index (χ3n) is 3.81. The predicted octanol–water partition coefficient (Wildman–Crippen LogP) is 2.71. The Morgan fingerprint density at radius 2 is 2.24 bits per heavy atom. The van der Waals surface area contributed by atoms with E-state index >= 15 is 0 Å². The molecule has 2 heterocycles. The Hall–Kier alpha value is -2.36. The van der Waals surface area contributed by atoms with Crippen molar-refractivity contribution in [2.45, 2.75) is 19.4 Å². The highest BCUT2D eigenvalue weighted by Gasteiger charge is 2.20. The summed E-state index contributed by atoms with van der Waals surface area (Å²) in [6, 6.07) is 9.79. The minimum absolute atomic E-state index is 0.0689. The van der Waals surface area contributed by atoms with Crippen LogP contribution in [0.25, 0.3) is 0 Å². The molecular weight excluding hydrogens is 262 g/mol. The maximum Gasteiger partial charge on any atom is 0.254 e. The quantitative estimate of drug-likeness (QED) is 0.941. The number of aromatic nitrogens is 1. The molecule has 0 radical (unpaired) electrons. The summed E-state index contributed by atoms with van der Waals surface area (Å²) in [4.78, 5) is 18.5. The molecule has 0 spiro atoms. The zero-order valence-electron chi connectivity index (χ0n) is 12.2. The van der Waals surface area contributed by atoms with E-state index in [0.29, 0.717) is 6.54 Å². The van der Waals surface area contributed by atoms with Crippen LogP contribution in [0.3, 0.4) is 0 Å². The Kier molecular flexibility index (Phi) is 3.86. The van der Waals surface area contributed by atoms with Crippen LogP contribution in [-0.4, -0.2) is 29.4 Å². The van der Waals surface area contributed by atoms with Gasteiger partial charge in [-0.3, -0.25) is 9.78 Å². The van der Waals surface area contributed by atoms with Gasteiger partial charge >= 0.3 is 0 Å². The SMILES string of the molecule is CN(Cc1cccnc1)C(=O)c1cccc2c1CCCN2. The van der Waals surface area contributed by atoms with Crippen molar-refractivity contribution in [1.29, 1.82) is 0 Å². The number of hydrogen-bond donors (Lipinski definition) is 1. The molecule has 21 heavy (non-hydrogen) atoms. The monoisotopic (exact) mass is 281 g/mol. The molecule has 3 rings (SSSR count). The normalized spacial score (nSPS) is 13.2. The highest BCUT2D eigenvalue weighted by molar-refractivity contribution is 5.97. The highest BCUT2D eigenvalue weighted by Crippen LogP contribution is 2.26. The molecule has 0 saturated carbocycles. The summed E-state index contributed by atoms with van der Waals surface area (Å²) in [6.45, 7) is 1.56. The van der Waals surface area contributed by atoms with Crippen molar-refractivity contribution in [1.82, 2.24) is 9.88 Å². The van der Waals surface area contributed by atoms with Gasteiger partial charge in [0.05, 0.1) is 0 Å². The molecule has 1 aliphatic heterocycles. The molecular formula is C17H19N3O. The Balaban J connectivity index is 1.82. The van der Waals surface area contributed by atoms with Gasteiger partial charge in [-0.05, 0) is 42.2 Å². The molecule has 0 bridgehead atoms. The van der Waals surface area contributed by atoms with Crippen LogP contribution < -0.4 is 5.32 Å². The molecule has 0 saturated heterocycles. The number of anilines is 1. The molecule has 4 nitrogen and oxygen atoms in total. The predicted molar refractivity (Wildman–Crippen MR) is 83.3 cm³/mol. The molecule has 4 heteroatoms. The van der Waals surface area contributed by atoms with E-state index < -0.39 is 0 Å². The van der Waals surface area contributed by atoms with Gasteiger partial charge < -0.3 is 10.2 Å². The lowest BCUT2D eigenvalue weighted by Crippen LogP contribution is -2.28. The lowest BCUT2D eigenvalue weighted by atomic mass is 9.97. The zero-order chi connectivity index (χ0) is 14.7. The van der Waals surface area contributed by atoms with Crippen molar-refractivity contribution >= 4 is 11.6 Å². The van der Waals surface area contributed by atoms with Crippen molar-refractivity contribution in [2.24, 2.45) is 0 Å². The molecule has 1 aromatic carbocycles. The number of carbonyl (C=O) groups is 1. The molecule has 0 atom stereocenters. The van der Waals surface area contributed by atoms with Gasteiger partial charge in [-0.2, -0.15) is 0 Å². The molecule has 0 fully saturated rings. The number of nitrogens with one attached hydrogen (secondary N) is 1. The first-order valence-electron chi connectivity index (χ1n) is 7.26. The van der Waals surface area contributed by atoms with Crippen molar-refractivity contribution in [2.75, 3.05) is 18.9 Å². The topological polar surface area (TPSA) is 45.2 Å². The van der Waals surface area contributed by atoms with Gasteiger partial charge in [-0.15, -0.1) is 0 Å². The van der Waals surface area contributed by atoms with E-state index in [9.17, 15) is 4.79 Å². The van der Waals surface area contributed by atoms with E-state index in [4.69, 9.17) is 0 Å². The number of rotatable bonds is 3. The number of nitrogens with zero attached hydrogens (tertiary/aromatic N) is 2. The summed E-state index contributed by atoms with van der Waals surface area (Å²) in [5.41, 5.74) is 4.09. The van der Waals surface area contributed by atoms with E-state index in [1.165, 1.54) is 0 Å². The molecule has 0 unspecified atom stereocenters. The number of carbonyl (C=O) groups excluding carboxylic acids is 1. The van der Waals surface area contributed by atoms with Crippen LogP contribution in [0.15, 0.2) is 42.7 Å². The van der Waals surface area contributed by atoms with Crippen LogP contribution in [0.4, 0.5) is 5.69 Å². The molecule has 2 aromatic rings. The van der Waals surface area contributed by atoms with Gasteiger partial charge in [0.15, 0.2) is 0 Å². The largest absolute Gasteiger partial charge is 0.385 e. The van der Waals surface area contributed by atoms with E-state index in [-0.39, 0.29) is 5.91 Å². The van der Waals surface area contributed by atoms with E-state index in [0.717, 1.165) is 41.8 Å². The Morgan fingerprint density at radius 3 is 3.05 bits per heavy atom. The molecule has 108 valence electrons. The van der Waals surface area contributed by atoms with Crippen LogP contribution in [0.2, 0.25) is 0 Å². The minimum Gasteiger partial charge on any atom is -0.385 e. The molecule has 1 aliphatic rings. The van der Waals surface area contributed by atoms with Crippen molar-refractivity contribution < 1.29 is 4.79 Å². The van der Waals surface area contributed by atoms with Gasteiger partial charge in [0.2, 0.25) is 0 Å². The van der Waals surface area contributed by atoms with Crippen LogP contribution >= 0.6 is 0 Å². The van der Waals surface area contributed by atoms with Gasteiger partial charge in [-0.25, -0.2) is 0 Å². The van der Waals surface area contributed by atoms with Gasteiger partial charge in [-0.1, -0.05) is 12.1 Å². The number of amides is 1. The van der Waals surface area contributed by atoms with Crippen molar-refractivity contribution in [3.63, 3.8) is 0 Å². The third-order valence-corrected chi connectivity index (χ3v) is 3.81. The third kappa shape index (κ3) is 2.89. The molecule has 0 aliphatic carbocycles.